The molecule has 0 saturated heterocycles. The van der Waals surface area contributed by atoms with Gasteiger partial charge in [0, 0.05) is 25.4 Å². The second-order valence-corrected chi connectivity index (χ2v) is 6.64. The summed E-state index contributed by atoms with van der Waals surface area (Å²) in [6.45, 7) is 10.8. The van der Waals surface area contributed by atoms with E-state index in [1.54, 1.807) is 0 Å². The van der Waals surface area contributed by atoms with E-state index in [0.29, 0.717) is 18.7 Å². The Balaban J connectivity index is 3.58. The van der Waals surface area contributed by atoms with Gasteiger partial charge in [0.2, 0.25) is 0 Å². The van der Waals surface area contributed by atoms with Gasteiger partial charge < -0.3 is 10.2 Å². The number of likely N-dealkylation sites (N-methyl/N-ethyl adjacent to an activating group) is 1. The lowest BCUT2D eigenvalue weighted by Gasteiger charge is -2.19. The van der Waals surface area contributed by atoms with Gasteiger partial charge >= 0.3 is 0 Å². The molecule has 0 fully saturated rings. The second kappa shape index (κ2) is 9.85. The summed E-state index contributed by atoms with van der Waals surface area (Å²) in [6.07, 6.45) is 1.88. The zero-order chi connectivity index (χ0) is 13.1. The summed E-state index contributed by atoms with van der Waals surface area (Å²) in [5.41, 5.74) is 0. The Morgan fingerprint density at radius 3 is 2.18 bits per heavy atom. The standard InChI is InChI=1S/C12H28N2O2S/c1-4-9-14(6-3)10-7-13-8-12-17(15,16)11-5-2/h13H,4-12H2,1-3H3. The number of rotatable bonds is 11. The maximum absolute atomic E-state index is 11.4. The van der Waals surface area contributed by atoms with E-state index in [9.17, 15) is 8.42 Å². The molecule has 5 heteroatoms. The normalized spacial score (nSPS) is 12.2. The van der Waals surface area contributed by atoms with Gasteiger partial charge in [0.15, 0.2) is 9.84 Å². The van der Waals surface area contributed by atoms with Gasteiger partial charge in [-0.15, -0.1) is 0 Å². The molecule has 0 aliphatic heterocycles. The smallest absolute Gasteiger partial charge is 0.151 e. The molecule has 0 radical (unpaired) electrons. The van der Waals surface area contributed by atoms with Crippen LogP contribution in [0.4, 0.5) is 0 Å². The monoisotopic (exact) mass is 264 g/mol. The van der Waals surface area contributed by atoms with Crippen molar-refractivity contribution in [1.29, 1.82) is 0 Å². The van der Waals surface area contributed by atoms with E-state index in [-0.39, 0.29) is 5.75 Å². The predicted octanol–water partition coefficient (Wildman–Crippen LogP) is 1.13. The van der Waals surface area contributed by atoms with Crippen molar-refractivity contribution < 1.29 is 8.42 Å². The first kappa shape index (κ1) is 16.9. The molecule has 0 heterocycles. The number of nitrogens with zero attached hydrogens (tertiary/aromatic N) is 1. The zero-order valence-electron chi connectivity index (χ0n) is 11.5. The molecule has 0 atom stereocenters. The molecular formula is C12H28N2O2S. The minimum atomic E-state index is -2.82. The van der Waals surface area contributed by atoms with Gasteiger partial charge in [0.25, 0.3) is 0 Å². The van der Waals surface area contributed by atoms with Crippen molar-refractivity contribution in [2.24, 2.45) is 0 Å². The van der Waals surface area contributed by atoms with Crippen molar-refractivity contribution in [1.82, 2.24) is 10.2 Å². The molecule has 0 aromatic rings. The number of hydrogen-bond acceptors (Lipinski definition) is 4. The summed E-state index contributed by atoms with van der Waals surface area (Å²) in [7, 11) is -2.82. The predicted molar refractivity (Wildman–Crippen MR) is 74.2 cm³/mol. The molecule has 1 N–H and O–H groups in total. The fourth-order valence-corrected chi connectivity index (χ4v) is 3.03. The second-order valence-electron chi connectivity index (χ2n) is 4.34. The van der Waals surface area contributed by atoms with Gasteiger partial charge in [0.05, 0.1) is 5.75 Å². The molecule has 0 rings (SSSR count). The maximum atomic E-state index is 11.4. The number of nitrogens with one attached hydrogen (secondary N) is 1. The Morgan fingerprint density at radius 2 is 1.65 bits per heavy atom. The molecule has 0 bridgehead atoms. The van der Waals surface area contributed by atoms with E-state index >= 15 is 0 Å². The van der Waals surface area contributed by atoms with Crippen LogP contribution >= 0.6 is 0 Å². The molecule has 0 aliphatic rings. The average Bonchev–Trinajstić information content (AvgIpc) is 2.27. The third-order valence-electron chi connectivity index (χ3n) is 2.70. The molecule has 104 valence electrons. The fourth-order valence-electron chi connectivity index (χ4n) is 1.75. The molecule has 0 unspecified atom stereocenters. The topological polar surface area (TPSA) is 49.4 Å². The Morgan fingerprint density at radius 1 is 0.941 bits per heavy atom. The highest BCUT2D eigenvalue weighted by Gasteiger charge is 2.08. The number of hydrogen-bond donors (Lipinski definition) is 1. The van der Waals surface area contributed by atoms with Gasteiger partial charge in [-0.2, -0.15) is 0 Å². The fraction of sp³-hybridized carbons (Fsp3) is 1.00. The lowest BCUT2D eigenvalue weighted by molar-refractivity contribution is 0.289. The van der Waals surface area contributed by atoms with Crippen LogP contribution in [-0.2, 0) is 9.84 Å². The van der Waals surface area contributed by atoms with Crippen LogP contribution in [0.15, 0.2) is 0 Å². The minimum absolute atomic E-state index is 0.265. The van der Waals surface area contributed by atoms with Gasteiger partial charge in [-0.05, 0) is 25.9 Å². The average molecular weight is 264 g/mol. The Labute approximate surface area is 107 Å². The van der Waals surface area contributed by atoms with Crippen molar-refractivity contribution in [3.63, 3.8) is 0 Å². The lowest BCUT2D eigenvalue weighted by atomic mass is 10.4. The molecule has 0 amide bonds. The van der Waals surface area contributed by atoms with E-state index in [4.69, 9.17) is 0 Å². The quantitative estimate of drug-likeness (QED) is 0.568. The first-order chi connectivity index (χ1) is 8.05. The van der Waals surface area contributed by atoms with Crippen molar-refractivity contribution >= 4 is 9.84 Å². The Hall–Kier alpha value is -0.130. The van der Waals surface area contributed by atoms with E-state index in [2.05, 4.69) is 24.1 Å². The highest BCUT2D eigenvalue weighted by molar-refractivity contribution is 7.91. The molecule has 4 nitrogen and oxygen atoms in total. The summed E-state index contributed by atoms with van der Waals surface area (Å²) >= 11 is 0. The number of sulfone groups is 1. The van der Waals surface area contributed by atoms with Crippen LogP contribution in [0.1, 0.15) is 33.6 Å². The van der Waals surface area contributed by atoms with Crippen LogP contribution in [0.5, 0.6) is 0 Å². The molecule has 0 saturated carbocycles. The van der Waals surface area contributed by atoms with Crippen LogP contribution in [0.25, 0.3) is 0 Å². The molecule has 0 spiro atoms. The Bertz CT molecular complexity index is 266. The van der Waals surface area contributed by atoms with Crippen molar-refractivity contribution in [2.75, 3.05) is 44.2 Å². The maximum Gasteiger partial charge on any atom is 0.151 e. The Kier molecular flexibility index (Phi) is 9.78. The van der Waals surface area contributed by atoms with Crippen molar-refractivity contribution in [3.8, 4) is 0 Å². The summed E-state index contributed by atoms with van der Waals surface area (Å²) in [5.74, 6) is 0.576. The van der Waals surface area contributed by atoms with Crippen LogP contribution in [0.2, 0.25) is 0 Å². The summed E-state index contributed by atoms with van der Waals surface area (Å²) in [4.78, 5) is 2.37. The first-order valence-corrected chi connectivity index (χ1v) is 8.51. The van der Waals surface area contributed by atoms with Crippen molar-refractivity contribution in [3.05, 3.63) is 0 Å². The third-order valence-corrected chi connectivity index (χ3v) is 4.55. The highest BCUT2D eigenvalue weighted by atomic mass is 32.2. The van der Waals surface area contributed by atoms with Crippen LogP contribution in [0, 0.1) is 0 Å². The lowest BCUT2D eigenvalue weighted by Crippen LogP contribution is -2.34. The van der Waals surface area contributed by atoms with Crippen LogP contribution in [-0.4, -0.2) is 57.5 Å². The van der Waals surface area contributed by atoms with E-state index in [1.807, 2.05) is 6.92 Å². The third kappa shape index (κ3) is 9.56. The van der Waals surface area contributed by atoms with Gasteiger partial charge in [-0.3, -0.25) is 0 Å². The molecule has 0 aromatic carbocycles. The van der Waals surface area contributed by atoms with Crippen LogP contribution < -0.4 is 5.32 Å². The largest absolute Gasteiger partial charge is 0.314 e. The van der Waals surface area contributed by atoms with Gasteiger partial charge in [-0.1, -0.05) is 20.8 Å². The van der Waals surface area contributed by atoms with Gasteiger partial charge in [-0.25, -0.2) is 8.42 Å². The SMILES string of the molecule is CCCN(CC)CCNCCS(=O)(=O)CCC. The highest BCUT2D eigenvalue weighted by Crippen LogP contribution is 1.92. The van der Waals surface area contributed by atoms with Crippen LogP contribution in [0.3, 0.4) is 0 Å². The van der Waals surface area contributed by atoms with E-state index < -0.39 is 9.84 Å². The van der Waals surface area contributed by atoms with Crippen molar-refractivity contribution in [2.45, 2.75) is 33.6 Å². The molecule has 17 heavy (non-hydrogen) atoms. The summed E-state index contributed by atoms with van der Waals surface area (Å²) in [5, 5.41) is 3.20. The van der Waals surface area contributed by atoms with E-state index in [0.717, 1.165) is 26.2 Å². The first-order valence-electron chi connectivity index (χ1n) is 6.69. The van der Waals surface area contributed by atoms with Gasteiger partial charge in [0.1, 0.15) is 0 Å². The molecule has 0 aromatic heterocycles. The summed E-state index contributed by atoms with van der Waals surface area (Å²) in [6, 6.07) is 0. The summed E-state index contributed by atoms with van der Waals surface area (Å²) < 4.78 is 22.9. The zero-order valence-corrected chi connectivity index (χ0v) is 12.4. The molecular weight excluding hydrogens is 236 g/mol. The molecule has 0 aliphatic carbocycles. The van der Waals surface area contributed by atoms with E-state index in [1.165, 1.54) is 6.42 Å². The minimum Gasteiger partial charge on any atom is -0.314 e.